The van der Waals surface area contributed by atoms with E-state index < -0.39 is 0 Å². The first-order valence-electron chi connectivity index (χ1n) is 6.72. The quantitative estimate of drug-likeness (QED) is 0.886. The summed E-state index contributed by atoms with van der Waals surface area (Å²) in [6.45, 7) is 1.16. The lowest BCUT2D eigenvalue weighted by Gasteiger charge is -2.20. The van der Waals surface area contributed by atoms with Crippen LogP contribution in [-0.4, -0.2) is 13.2 Å². The molecule has 0 bridgehead atoms. The molecule has 3 nitrogen and oxygen atoms in total. The monoisotopic (exact) mass is 367 g/mol. The van der Waals surface area contributed by atoms with Gasteiger partial charge < -0.3 is 15.2 Å². The van der Waals surface area contributed by atoms with Crippen LogP contribution in [0.5, 0.6) is 11.5 Å². The Bertz CT molecular complexity index is 663. The highest BCUT2D eigenvalue weighted by Crippen LogP contribution is 2.33. The highest BCUT2D eigenvalue weighted by Gasteiger charge is 2.16. The first-order valence-corrected chi connectivity index (χ1v) is 7.89. The van der Waals surface area contributed by atoms with Gasteiger partial charge in [0.1, 0.15) is 13.2 Å². The fraction of sp³-hybridized carbons (Fsp3) is 0.250. The van der Waals surface area contributed by atoms with Crippen LogP contribution in [-0.2, 0) is 6.42 Å². The van der Waals surface area contributed by atoms with E-state index in [-0.39, 0.29) is 6.04 Å². The van der Waals surface area contributed by atoms with Gasteiger partial charge in [-0.1, -0.05) is 39.7 Å². The van der Waals surface area contributed by atoms with Crippen LogP contribution in [0.3, 0.4) is 0 Å². The van der Waals surface area contributed by atoms with E-state index in [1.54, 1.807) is 0 Å². The van der Waals surface area contributed by atoms with Gasteiger partial charge in [0.15, 0.2) is 11.5 Å². The third-order valence-corrected chi connectivity index (χ3v) is 4.29. The predicted octanol–water partition coefficient (Wildman–Crippen LogP) is 4.12. The Hall–Kier alpha value is -1.23. The van der Waals surface area contributed by atoms with Crippen LogP contribution in [0, 0.1) is 0 Å². The molecule has 21 heavy (non-hydrogen) atoms. The lowest BCUT2D eigenvalue weighted by molar-refractivity contribution is 0.171. The first kappa shape index (κ1) is 14.7. The molecule has 3 rings (SSSR count). The van der Waals surface area contributed by atoms with Crippen LogP contribution in [0.2, 0.25) is 5.02 Å². The molecule has 0 fully saturated rings. The lowest BCUT2D eigenvalue weighted by Crippen LogP contribution is -2.17. The number of hydrogen-bond donors (Lipinski definition) is 1. The molecular weight excluding hydrogens is 354 g/mol. The van der Waals surface area contributed by atoms with Crippen LogP contribution in [0.15, 0.2) is 40.9 Å². The highest BCUT2D eigenvalue weighted by molar-refractivity contribution is 9.10. The van der Waals surface area contributed by atoms with Crippen LogP contribution in [0.25, 0.3) is 0 Å². The largest absolute Gasteiger partial charge is 0.486 e. The van der Waals surface area contributed by atoms with Gasteiger partial charge in [-0.3, -0.25) is 0 Å². The maximum absolute atomic E-state index is 6.30. The van der Waals surface area contributed by atoms with E-state index in [0.29, 0.717) is 19.6 Å². The molecule has 0 radical (unpaired) electrons. The molecule has 5 heteroatoms. The van der Waals surface area contributed by atoms with Crippen molar-refractivity contribution in [3.05, 3.63) is 57.0 Å². The van der Waals surface area contributed by atoms with Gasteiger partial charge >= 0.3 is 0 Å². The van der Waals surface area contributed by atoms with Gasteiger partial charge in [0.2, 0.25) is 0 Å². The van der Waals surface area contributed by atoms with Crippen molar-refractivity contribution in [3.63, 3.8) is 0 Å². The fourth-order valence-corrected chi connectivity index (χ4v) is 3.08. The number of rotatable bonds is 3. The van der Waals surface area contributed by atoms with Crippen LogP contribution in [0.4, 0.5) is 0 Å². The minimum atomic E-state index is -0.139. The average molecular weight is 369 g/mol. The standard InChI is InChI=1S/C16H15BrClNO2/c17-12-3-1-10(13(18)9-12)7-14(19)11-2-4-15-16(8-11)21-6-5-20-15/h1-4,8-9,14H,5-7,19H2. The van der Waals surface area contributed by atoms with Crippen molar-refractivity contribution >= 4 is 27.5 Å². The Labute approximate surface area is 137 Å². The van der Waals surface area contributed by atoms with Crippen molar-refractivity contribution in [3.8, 4) is 11.5 Å². The SMILES string of the molecule is NC(Cc1ccc(Br)cc1Cl)c1ccc2c(c1)OCCO2. The van der Waals surface area contributed by atoms with E-state index in [0.717, 1.165) is 32.1 Å². The minimum Gasteiger partial charge on any atom is -0.486 e. The Morgan fingerprint density at radius 3 is 2.62 bits per heavy atom. The molecule has 0 spiro atoms. The summed E-state index contributed by atoms with van der Waals surface area (Å²) >= 11 is 9.65. The van der Waals surface area contributed by atoms with Crippen molar-refractivity contribution in [2.75, 3.05) is 13.2 Å². The van der Waals surface area contributed by atoms with Crippen molar-refractivity contribution in [2.24, 2.45) is 5.73 Å². The van der Waals surface area contributed by atoms with Crippen LogP contribution < -0.4 is 15.2 Å². The van der Waals surface area contributed by atoms with Crippen molar-refractivity contribution in [1.29, 1.82) is 0 Å². The van der Waals surface area contributed by atoms with E-state index in [4.69, 9.17) is 26.8 Å². The maximum Gasteiger partial charge on any atom is 0.161 e. The Balaban J connectivity index is 1.80. The highest BCUT2D eigenvalue weighted by atomic mass is 79.9. The molecule has 2 aromatic rings. The summed E-state index contributed by atoms with van der Waals surface area (Å²) in [7, 11) is 0. The number of nitrogens with two attached hydrogens (primary N) is 1. The zero-order chi connectivity index (χ0) is 14.8. The third kappa shape index (κ3) is 3.34. The van der Waals surface area contributed by atoms with Gasteiger partial charge in [0.05, 0.1) is 0 Å². The lowest BCUT2D eigenvalue weighted by atomic mass is 9.99. The van der Waals surface area contributed by atoms with Crippen molar-refractivity contribution < 1.29 is 9.47 Å². The number of hydrogen-bond acceptors (Lipinski definition) is 3. The van der Waals surface area contributed by atoms with E-state index in [9.17, 15) is 0 Å². The van der Waals surface area contributed by atoms with E-state index in [2.05, 4.69) is 15.9 Å². The van der Waals surface area contributed by atoms with Gasteiger partial charge in [-0.2, -0.15) is 0 Å². The van der Waals surface area contributed by atoms with Crippen molar-refractivity contribution in [1.82, 2.24) is 0 Å². The maximum atomic E-state index is 6.30. The molecule has 1 aliphatic heterocycles. The second-order valence-electron chi connectivity index (χ2n) is 4.95. The normalized spacial score (nSPS) is 14.8. The van der Waals surface area contributed by atoms with Gasteiger partial charge in [0, 0.05) is 15.5 Å². The minimum absolute atomic E-state index is 0.139. The van der Waals surface area contributed by atoms with Gasteiger partial charge in [-0.15, -0.1) is 0 Å². The van der Waals surface area contributed by atoms with E-state index >= 15 is 0 Å². The topological polar surface area (TPSA) is 44.5 Å². The van der Waals surface area contributed by atoms with E-state index in [1.807, 2.05) is 36.4 Å². The average Bonchev–Trinajstić information content (AvgIpc) is 2.49. The third-order valence-electron chi connectivity index (χ3n) is 3.45. The first-order chi connectivity index (χ1) is 10.1. The molecule has 0 aromatic heterocycles. The molecule has 0 amide bonds. The number of halogens is 2. The fourth-order valence-electron chi connectivity index (χ4n) is 2.33. The number of fused-ring (bicyclic) bond motifs is 1. The van der Waals surface area contributed by atoms with Gasteiger partial charge in [-0.05, 0) is 41.8 Å². The molecule has 0 aliphatic carbocycles. The second-order valence-corrected chi connectivity index (χ2v) is 6.27. The molecule has 1 atom stereocenters. The Morgan fingerprint density at radius 1 is 1.10 bits per heavy atom. The molecule has 110 valence electrons. The zero-order valence-electron chi connectivity index (χ0n) is 11.3. The molecule has 1 heterocycles. The number of ether oxygens (including phenoxy) is 2. The van der Waals surface area contributed by atoms with Gasteiger partial charge in [-0.25, -0.2) is 0 Å². The second kappa shape index (κ2) is 6.26. The molecule has 2 aromatic carbocycles. The zero-order valence-corrected chi connectivity index (χ0v) is 13.7. The Kier molecular flexibility index (Phi) is 4.38. The smallest absolute Gasteiger partial charge is 0.161 e. The van der Waals surface area contributed by atoms with E-state index in [1.165, 1.54) is 0 Å². The van der Waals surface area contributed by atoms with Crippen molar-refractivity contribution in [2.45, 2.75) is 12.5 Å². The summed E-state index contributed by atoms with van der Waals surface area (Å²) < 4.78 is 12.1. The summed E-state index contributed by atoms with van der Waals surface area (Å²) in [5, 5.41) is 0.720. The summed E-state index contributed by atoms with van der Waals surface area (Å²) in [6.07, 6.45) is 0.672. The molecule has 0 saturated heterocycles. The number of benzene rings is 2. The van der Waals surface area contributed by atoms with Gasteiger partial charge in [0.25, 0.3) is 0 Å². The predicted molar refractivity (Wildman–Crippen MR) is 87.2 cm³/mol. The Morgan fingerprint density at radius 2 is 1.86 bits per heavy atom. The van der Waals surface area contributed by atoms with Crippen LogP contribution >= 0.6 is 27.5 Å². The molecule has 1 unspecified atom stereocenters. The van der Waals surface area contributed by atoms with Crippen LogP contribution in [0.1, 0.15) is 17.2 Å². The molecule has 0 saturated carbocycles. The summed E-state index contributed by atoms with van der Waals surface area (Å²) in [6, 6.07) is 11.5. The molecule has 1 aliphatic rings. The molecule has 2 N–H and O–H groups in total. The summed E-state index contributed by atoms with van der Waals surface area (Å²) in [5.74, 6) is 1.54. The summed E-state index contributed by atoms with van der Waals surface area (Å²) in [4.78, 5) is 0. The summed E-state index contributed by atoms with van der Waals surface area (Å²) in [5.41, 5.74) is 8.34. The molecular formula is C16H15BrClNO2.